The number of rotatable bonds is 5. The van der Waals surface area contributed by atoms with Gasteiger partial charge in [0.1, 0.15) is 4.88 Å². The van der Waals surface area contributed by atoms with Gasteiger partial charge in [0, 0.05) is 17.3 Å². The van der Waals surface area contributed by atoms with Gasteiger partial charge in [0.05, 0.1) is 11.4 Å². The van der Waals surface area contributed by atoms with Crippen LogP contribution in [0, 0.1) is 6.92 Å². The number of hydrogen-bond acceptors (Lipinski definition) is 5. The highest BCUT2D eigenvalue weighted by Crippen LogP contribution is 2.28. The van der Waals surface area contributed by atoms with Crippen LogP contribution >= 0.6 is 23.1 Å². The third kappa shape index (κ3) is 3.58. The van der Waals surface area contributed by atoms with E-state index in [0.29, 0.717) is 5.69 Å². The summed E-state index contributed by atoms with van der Waals surface area (Å²) in [5.41, 5.74) is 1.15. The monoisotopic (exact) mass is 308 g/mol. The highest BCUT2D eigenvalue weighted by molar-refractivity contribution is 8.00. The van der Waals surface area contributed by atoms with Crippen LogP contribution in [0.1, 0.15) is 15.2 Å². The summed E-state index contributed by atoms with van der Waals surface area (Å²) < 4.78 is 0. The molecule has 0 aliphatic heterocycles. The predicted octanol–water partition coefficient (Wildman–Crippen LogP) is 2.88. The number of carboxylic acid groups (broad SMARTS) is 1. The lowest BCUT2D eigenvalue weighted by molar-refractivity contribution is -0.113. The largest absolute Gasteiger partial charge is 0.477 e. The van der Waals surface area contributed by atoms with Gasteiger partial charge >= 0.3 is 5.97 Å². The number of aryl methyl sites for hydroxylation is 1. The van der Waals surface area contributed by atoms with Gasteiger partial charge in [0.2, 0.25) is 5.91 Å². The van der Waals surface area contributed by atoms with E-state index >= 15 is 0 Å². The third-order valence-corrected chi connectivity index (χ3v) is 4.55. The van der Waals surface area contributed by atoms with Crippen LogP contribution in [-0.4, -0.2) is 27.7 Å². The molecule has 0 aliphatic rings. The number of carboxylic acids is 1. The summed E-state index contributed by atoms with van der Waals surface area (Å²) in [6.45, 7) is 1.77. The molecule has 0 saturated heterocycles. The van der Waals surface area contributed by atoms with Gasteiger partial charge in [-0.3, -0.25) is 9.78 Å². The van der Waals surface area contributed by atoms with Crippen molar-refractivity contribution in [2.45, 2.75) is 11.8 Å². The molecule has 5 nitrogen and oxygen atoms in total. The van der Waals surface area contributed by atoms with Gasteiger partial charge in [0.25, 0.3) is 0 Å². The second-order valence-corrected chi connectivity index (χ2v) is 5.88. The Labute approximate surface area is 124 Å². The molecule has 0 bridgehead atoms. The molecule has 0 unspecified atom stereocenters. The number of aromatic nitrogens is 1. The Kier molecular flexibility index (Phi) is 4.75. The number of aromatic carboxylic acids is 1. The molecule has 0 atom stereocenters. The van der Waals surface area contributed by atoms with E-state index in [9.17, 15) is 9.59 Å². The zero-order chi connectivity index (χ0) is 14.5. The maximum atomic E-state index is 11.9. The Hall–Kier alpha value is -1.86. The van der Waals surface area contributed by atoms with Crippen LogP contribution < -0.4 is 5.32 Å². The zero-order valence-electron chi connectivity index (χ0n) is 10.6. The van der Waals surface area contributed by atoms with Crippen molar-refractivity contribution < 1.29 is 14.7 Å². The van der Waals surface area contributed by atoms with Crippen molar-refractivity contribution in [3.63, 3.8) is 0 Å². The molecule has 0 aromatic carbocycles. The van der Waals surface area contributed by atoms with Gasteiger partial charge in [-0.2, -0.15) is 0 Å². The number of thioether (sulfide) groups is 1. The number of carbonyl (C=O) groups excluding carboxylic acids is 1. The van der Waals surface area contributed by atoms with Crippen molar-refractivity contribution >= 4 is 40.7 Å². The first-order valence-electron chi connectivity index (χ1n) is 5.72. The number of carbonyl (C=O) groups is 2. The SMILES string of the molecule is Cc1csc(C(=O)O)c1NC(=O)CSc1ccncc1. The predicted molar refractivity (Wildman–Crippen MR) is 79.6 cm³/mol. The summed E-state index contributed by atoms with van der Waals surface area (Å²) in [6.07, 6.45) is 3.32. The lowest BCUT2D eigenvalue weighted by atomic mass is 10.2. The molecule has 2 heterocycles. The molecule has 0 radical (unpaired) electrons. The average molecular weight is 308 g/mol. The van der Waals surface area contributed by atoms with E-state index in [-0.39, 0.29) is 16.5 Å². The first-order chi connectivity index (χ1) is 9.58. The van der Waals surface area contributed by atoms with Crippen LogP contribution in [0.2, 0.25) is 0 Å². The van der Waals surface area contributed by atoms with Crippen molar-refractivity contribution in [2.75, 3.05) is 11.1 Å². The maximum absolute atomic E-state index is 11.9. The third-order valence-electron chi connectivity index (χ3n) is 2.45. The molecule has 0 fully saturated rings. The van der Waals surface area contributed by atoms with Crippen LogP contribution in [0.4, 0.5) is 5.69 Å². The Bertz CT molecular complexity index is 626. The van der Waals surface area contributed by atoms with Gasteiger partial charge in [-0.05, 0) is 30.0 Å². The molecule has 0 aliphatic carbocycles. The fourth-order valence-corrected chi connectivity index (χ4v) is 3.04. The number of nitrogens with one attached hydrogen (secondary N) is 1. The quantitative estimate of drug-likeness (QED) is 0.830. The van der Waals surface area contributed by atoms with Gasteiger partial charge in [-0.25, -0.2) is 4.79 Å². The van der Waals surface area contributed by atoms with Gasteiger partial charge < -0.3 is 10.4 Å². The molecule has 2 aromatic rings. The number of anilines is 1. The first kappa shape index (κ1) is 14.5. The van der Waals surface area contributed by atoms with E-state index in [1.54, 1.807) is 24.7 Å². The van der Waals surface area contributed by atoms with Gasteiger partial charge in [0.15, 0.2) is 0 Å². The molecule has 20 heavy (non-hydrogen) atoms. The highest BCUT2D eigenvalue weighted by Gasteiger charge is 2.17. The molecule has 104 valence electrons. The average Bonchev–Trinajstić information content (AvgIpc) is 2.79. The highest BCUT2D eigenvalue weighted by atomic mass is 32.2. The van der Waals surface area contributed by atoms with Crippen molar-refractivity contribution in [1.82, 2.24) is 4.98 Å². The molecular formula is C13H12N2O3S2. The summed E-state index contributed by atoms with van der Waals surface area (Å²) >= 11 is 2.49. The molecule has 0 spiro atoms. The Balaban J connectivity index is 1.98. The molecule has 2 aromatic heterocycles. The summed E-state index contributed by atoms with van der Waals surface area (Å²) in [5, 5.41) is 13.4. The number of thiophene rings is 1. The fourth-order valence-electron chi connectivity index (χ4n) is 1.52. The fraction of sp³-hybridized carbons (Fsp3) is 0.154. The standard InChI is InChI=1S/C13H12N2O3S2/c1-8-6-20-12(13(17)18)11(8)15-10(16)7-19-9-2-4-14-5-3-9/h2-6H,7H2,1H3,(H,15,16)(H,17,18). The molecule has 2 rings (SSSR count). The Morgan fingerprint density at radius 3 is 2.75 bits per heavy atom. The smallest absolute Gasteiger partial charge is 0.348 e. The van der Waals surface area contributed by atoms with E-state index in [1.807, 2.05) is 12.1 Å². The first-order valence-corrected chi connectivity index (χ1v) is 7.58. The van der Waals surface area contributed by atoms with Crippen molar-refractivity contribution in [1.29, 1.82) is 0 Å². The van der Waals surface area contributed by atoms with Crippen LogP contribution in [0.25, 0.3) is 0 Å². The number of amides is 1. The van der Waals surface area contributed by atoms with Crippen LogP contribution in [0.5, 0.6) is 0 Å². The molecule has 1 amide bonds. The van der Waals surface area contributed by atoms with Crippen LogP contribution in [0.15, 0.2) is 34.8 Å². The number of pyridine rings is 1. The van der Waals surface area contributed by atoms with Crippen LogP contribution in [-0.2, 0) is 4.79 Å². The topological polar surface area (TPSA) is 79.3 Å². The minimum atomic E-state index is -1.03. The van der Waals surface area contributed by atoms with Crippen molar-refractivity contribution in [3.8, 4) is 0 Å². The lowest BCUT2D eigenvalue weighted by Gasteiger charge is -2.06. The summed E-state index contributed by atoms with van der Waals surface area (Å²) in [5.74, 6) is -1.03. The van der Waals surface area contributed by atoms with Gasteiger partial charge in [-0.15, -0.1) is 23.1 Å². The van der Waals surface area contributed by atoms with Crippen LogP contribution in [0.3, 0.4) is 0 Å². The minimum absolute atomic E-state index is 0.157. The summed E-state index contributed by atoms with van der Waals surface area (Å²) in [6, 6.07) is 3.63. The molecular weight excluding hydrogens is 296 g/mol. The lowest BCUT2D eigenvalue weighted by Crippen LogP contribution is -2.16. The van der Waals surface area contributed by atoms with E-state index in [2.05, 4.69) is 10.3 Å². The maximum Gasteiger partial charge on any atom is 0.348 e. The zero-order valence-corrected chi connectivity index (χ0v) is 12.3. The second kappa shape index (κ2) is 6.53. The van der Waals surface area contributed by atoms with E-state index in [1.165, 1.54) is 11.8 Å². The second-order valence-electron chi connectivity index (χ2n) is 3.95. The van der Waals surface area contributed by atoms with E-state index < -0.39 is 5.97 Å². The summed E-state index contributed by atoms with van der Waals surface area (Å²) in [7, 11) is 0. The summed E-state index contributed by atoms with van der Waals surface area (Å²) in [4.78, 5) is 27.9. The molecule has 0 saturated carbocycles. The number of nitrogens with zero attached hydrogens (tertiary/aromatic N) is 1. The Morgan fingerprint density at radius 1 is 1.40 bits per heavy atom. The Morgan fingerprint density at radius 2 is 2.10 bits per heavy atom. The van der Waals surface area contributed by atoms with Crippen molar-refractivity contribution in [3.05, 3.63) is 40.3 Å². The van der Waals surface area contributed by atoms with Gasteiger partial charge in [-0.1, -0.05) is 0 Å². The number of hydrogen-bond donors (Lipinski definition) is 2. The van der Waals surface area contributed by atoms with E-state index in [4.69, 9.17) is 5.11 Å². The minimum Gasteiger partial charge on any atom is -0.477 e. The molecule has 7 heteroatoms. The van der Waals surface area contributed by atoms with E-state index in [0.717, 1.165) is 21.8 Å². The normalized spacial score (nSPS) is 10.2. The van der Waals surface area contributed by atoms with Crippen molar-refractivity contribution in [2.24, 2.45) is 0 Å². The molecule has 2 N–H and O–H groups in total.